The van der Waals surface area contributed by atoms with Crippen molar-refractivity contribution in [1.29, 1.82) is 0 Å². The summed E-state index contributed by atoms with van der Waals surface area (Å²) in [4.78, 5) is 13.8. The number of amides is 1. The largest absolute Gasteiger partial charge is 0.342 e. The van der Waals surface area contributed by atoms with Crippen molar-refractivity contribution in [2.75, 3.05) is 13.6 Å². The van der Waals surface area contributed by atoms with Gasteiger partial charge in [0.15, 0.2) is 0 Å². The van der Waals surface area contributed by atoms with Crippen molar-refractivity contribution < 1.29 is 4.79 Å². The van der Waals surface area contributed by atoms with E-state index in [-0.39, 0.29) is 11.8 Å². The second-order valence-corrected chi connectivity index (χ2v) is 4.37. The molecule has 0 spiro atoms. The highest BCUT2D eigenvalue weighted by Crippen LogP contribution is 2.35. The summed E-state index contributed by atoms with van der Waals surface area (Å²) < 4.78 is 0. The lowest BCUT2D eigenvalue weighted by molar-refractivity contribution is -0.136. The quantitative estimate of drug-likeness (QED) is 0.722. The highest BCUT2D eigenvalue weighted by Gasteiger charge is 2.33. The number of hydrogen-bond acceptors (Lipinski definition) is 2. The van der Waals surface area contributed by atoms with Gasteiger partial charge in [0.05, 0.1) is 5.92 Å². The van der Waals surface area contributed by atoms with Crippen molar-refractivity contribution in [3.8, 4) is 0 Å². The maximum Gasteiger partial charge on any atom is 0.226 e. The molecule has 82 valence electrons. The maximum atomic E-state index is 11.9. The van der Waals surface area contributed by atoms with Gasteiger partial charge in [-0.05, 0) is 32.1 Å². The molecule has 1 amide bonds. The molecule has 1 aliphatic carbocycles. The molecule has 0 aliphatic heterocycles. The lowest BCUT2D eigenvalue weighted by Crippen LogP contribution is -2.42. The van der Waals surface area contributed by atoms with E-state index in [1.807, 2.05) is 18.9 Å². The Kier molecular flexibility index (Phi) is 3.93. The molecule has 1 aliphatic rings. The summed E-state index contributed by atoms with van der Waals surface area (Å²) in [6.45, 7) is 4.63. The van der Waals surface area contributed by atoms with Gasteiger partial charge < -0.3 is 10.6 Å². The van der Waals surface area contributed by atoms with Crippen molar-refractivity contribution >= 4 is 5.91 Å². The van der Waals surface area contributed by atoms with Gasteiger partial charge in [0.25, 0.3) is 0 Å². The van der Waals surface area contributed by atoms with Crippen LogP contribution in [0.15, 0.2) is 0 Å². The summed E-state index contributed by atoms with van der Waals surface area (Å²) in [6.07, 6.45) is 3.40. The SMILES string of the molecule is CCC(CN)C(=O)N(C)C(C)C1CC1. The van der Waals surface area contributed by atoms with Crippen molar-refractivity contribution in [3.05, 3.63) is 0 Å². The highest BCUT2D eigenvalue weighted by atomic mass is 16.2. The fourth-order valence-corrected chi connectivity index (χ4v) is 1.83. The number of hydrogen-bond donors (Lipinski definition) is 1. The van der Waals surface area contributed by atoms with E-state index in [1.54, 1.807) is 0 Å². The van der Waals surface area contributed by atoms with Gasteiger partial charge in [0.1, 0.15) is 0 Å². The Morgan fingerprint density at radius 2 is 2.14 bits per heavy atom. The molecule has 2 atom stereocenters. The van der Waals surface area contributed by atoms with Gasteiger partial charge in [0.2, 0.25) is 5.91 Å². The summed E-state index contributed by atoms with van der Waals surface area (Å²) in [5.41, 5.74) is 5.57. The van der Waals surface area contributed by atoms with Crippen molar-refractivity contribution in [2.24, 2.45) is 17.6 Å². The molecule has 0 aromatic carbocycles. The molecule has 3 heteroatoms. The Morgan fingerprint density at radius 3 is 2.50 bits per heavy atom. The third-order valence-electron chi connectivity index (χ3n) is 3.39. The minimum absolute atomic E-state index is 0.0150. The molecule has 1 rings (SSSR count). The molecule has 0 bridgehead atoms. The van der Waals surface area contributed by atoms with Gasteiger partial charge in [-0.1, -0.05) is 6.92 Å². The molecule has 3 nitrogen and oxygen atoms in total. The van der Waals surface area contributed by atoms with E-state index in [1.165, 1.54) is 12.8 Å². The van der Waals surface area contributed by atoms with Gasteiger partial charge in [0, 0.05) is 19.6 Å². The first-order chi connectivity index (χ1) is 6.61. The van der Waals surface area contributed by atoms with Crippen LogP contribution in [0.2, 0.25) is 0 Å². The third kappa shape index (κ3) is 2.47. The summed E-state index contributed by atoms with van der Waals surface area (Å²) in [6, 6.07) is 0.392. The topological polar surface area (TPSA) is 46.3 Å². The lowest BCUT2D eigenvalue weighted by atomic mass is 10.0. The van der Waals surface area contributed by atoms with E-state index in [2.05, 4.69) is 6.92 Å². The van der Waals surface area contributed by atoms with Crippen molar-refractivity contribution in [1.82, 2.24) is 4.90 Å². The van der Waals surface area contributed by atoms with Gasteiger partial charge in [-0.25, -0.2) is 0 Å². The molecule has 0 saturated heterocycles. The summed E-state index contributed by atoms with van der Waals surface area (Å²) in [5.74, 6) is 0.967. The lowest BCUT2D eigenvalue weighted by Gasteiger charge is -2.28. The molecule has 2 unspecified atom stereocenters. The standard InChI is InChI=1S/C11H22N2O/c1-4-9(7-12)11(14)13(3)8(2)10-5-6-10/h8-10H,4-7,12H2,1-3H3. The van der Waals surface area contributed by atoms with Crippen LogP contribution in [-0.2, 0) is 4.79 Å². The smallest absolute Gasteiger partial charge is 0.226 e. The minimum Gasteiger partial charge on any atom is -0.342 e. The van der Waals surface area contributed by atoms with Crippen LogP contribution in [0.1, 0.15) is 33.1 Å². The predicted octanol–water partition coefficient (Wildman–Crippen LogP) is 1.23. The fraction of sp³-hybridized carbons (Fsp3) is 0.909. The van der Waals surface area contributed by atoms with Crippen LogP contribution in [-0.4, -0.2) is 30.4 Å². The Labute approximate surface area is 86.6 Å². The summed E-state index contributed by atoms with van der Waals surface area (Å²) in [5, 5.41) is 0. The normalized spacial score (nSPS) is 20.3. The fourth-order valence-electron chi connectivity index (χ4n) is 1.83. The molecular formula is C11H22N2O. The van der Waals surface area contributed by atoms with Crippen LogP contribution in [0.5, 0.6) is 0 Å². The Bertz CT molecular complexity index is 197. The van der Waals surface area contributed by atoms with E-state index >= 15 is 0 Å². The Balaban J connectivity index is 2.48. The first kappa shape index (κ1) is 11.5. The van der Waals surface area contributed by atoms with Crippen LogP contribution in [0, 0.1) is 11.8 Å². The molecule has 0 aromatic heterocycles. The predicted molar refractivity (Wildman–Crippen MR) is 57.8 cm³/mol. The van der Waals surface area contributed by atoms with Crippen LogP contribution < -0.4 is 5.73 Å². The van der Waals surface area contributed by atoms with Gasteiger partial charge in [-0.2, -0.15) is 0 Å². The number of nitrogens with zero attached hydrogens (tertiary/aromatic N) is 1. The first-order valence-electron chi connectivity index (χ1n) is 5.58. The zero-order valence-corrected chi connectivity index (χ0v) is 9.49. The monoisotopic (exact) mass is 198 g/mol. The average molecular weight is 198 g/mol. The third-order valence-corrected chi connectivity index (χ3v) is 3.39. The maximum absolute atomic E-state index is 11.9. The molecule has 1 fully saturated rings. The number of carbonyl (C=O) groups excluding carboxylic acids is 1. The molecule has 0 heterocycles. The second kappa shape index (κ2) is 4.78. The number of nitrogens with two attached hydrogens (primary N) is 1. The summed E-state index contributed by atoms with van der Waals surface area (Å²) >= 11 is 0. The van der Waals surface area contributed by atoms with Crippen molar-refractivity contribution in [3.63, 3.8) is 0 Å². The van der Waals surface area contributed by atoms with Crippen LogP contribution in [0.3, 0.4) is 0 Å². The molecule has 1 saturated carbocycles. The minimum atomic E-state index is 0.0150. The van der Waals surface area contributed by atoms with E-state index in [4.69, 9.17) is 5.73 Å². The average Bonchev–Trinajstić information content (AvgIpc) is 3.00. The molecule has 14 heavy (non-hydrogen) atoms. The zero-order valence-electron chi connectivity index (χ0n) is 9.49. The van der Waals surface area contributed by atoms with E-state index in [0.29, 0.717) is 12.6 Å². The van der Waals surface area contributed by atoms with E-state index in [0.717, 1.165) is 12.3 Å². The Hall–Kier alpha value is -0.570. The molecule has 0 radical (unpaired) electrons. The van der Waals surface area contributed by atoms with Gasteiger partial charge in [-0.3, -0.25) is 4.79 Å². The van der Waals surface area contributed by atoms with Crippen LogP contribution >= 0.6 is 0 Å². The molecule has 2 N–H and O–H groups in total. The number of carbonyl (C=O) groups is 1. The van der Waals surface area contributed by atoms with Gasteiger partial charge >= 0.3 is 0 Å². The molecular weight excluding hydrogens is 176 g/mol. The highest BCUT2D eigenvalue weighted by molar-refractivity contribution is 5.79. The van der Waals surface area contributed by atoms with E-state index in [9.17, 15) is 4.79 Å². The van der Waals surface area contributed by atoms with Crippen molar-refractivity contribution in [2.45, 2.75) is 39.2 Å². The van der Waals surface area contributed by atoms with E-state index < -0.39 is 0 Å². The van der Waals surface area contributed by atoms with Crippen LogP contribution in [0.25, 0.3) is 0 Å². The first-order valence-corrected chi connectivity index (χ1v) is 5.58. The van der Waals surface area contributed by atoms with Crippen LogP contribution in [0.4, 0.5) is 0 Å². The molecule has 0 aromatic rings. The summed E-state index contributed by atoms with van der Waals surface area (Å²) in [7, 11) is 1.91. The zero-order chi connectivity index (χ0) is 10.7. The second-order valence-electron chi connectivity index (χ2n) is 4.37. The van der Waals surface area contributed by atoms with Gasteiger partial charge in [-0.15, -0.1) is 0 Å². The Morgan fingerprint density at radius 1 is 1.57 bits per heavy atom. The number of rotatable bonds is 5.